The first-order valence-corrected chi connectivity index (χ1v) is 12.9. The zero-order chi connectivity index (χ0) is 26.4. The summed E-state index contributed by atoms with van der Waals surface area (Å²) in [6, 6.07) is 13.7. The maximum absolute atomic E-state index is 14.0. The second-order valence-corrected chi connectivity index (χ2v) is 10.1. The third-order valence-corrected chi connectivity index (χ3v) is 7.59. The van der Waals surface area contributed by atoms with Crippen molar-refractivity contribution >= 4 is 22.8 Å². The first kappa shape index (κ1) is 24.5. The highest BCUT2D eigenvalue weighted by atomic mass is 16.5. The molecule has 1 saturated carbocycles. The average Bonchev–Trinajstić information content (AvgIpc) is 3.51. The third kappa shape index (κ3) is 4.21. The first-order chi connectivity index (χ1) is 18.5. The molecular weight excluding hydrogens is 488 g/mol. The van der Waals surface area contributed by atoms with Crippen LogP contribution in [0.5, 0.6) is 11.5 Å². The molecule has 2 heterocycles. The van der Waals surface area contributed by atoms with Crippen LogP contribution in [-0.2, 0) is 4.79 Å². The molecule has 198 valence electrons. The molecule has 3 aliphatic rings. The van der Waals surface area contributed by atoms with Crippen molar-refractivity contribution in [3.8, 4) is 11.5 Å². The van der Waals surface area contributed by atoms with E-state index in [1.807, 2.05) is 36.4 Å². The molecule has 0 saturated heterocycles. The Kier molecular flexibility index (Phi) is 6.33. The van der Waals surface area contributed by atoms with Gasteiger partial charge in [0.1, 0.15) is 18.0 Å². The van der Waals surface area contributed by atoms with Gasteiger partial charge in [0.05, 0.1) is 25.7 Å². The van der Waals surface area contributed by atoms with E-state index in [-0.39, 0.29) is 30.7 Å². The van der Waals surface area contributed by atoms with Crippen molar-refractivity contribution in [2.24, 2.45) is 5.92 Å². The van der Waals surface area contributed by atoms with Crippen LogP contribution in [0.1, 0.15) is 34.9 Å². The summed E-state index contributed by atoms with van der Waals surface area (Å²) < 4.78 is 17.5. The molecule has 1 aliphatic heterocycles. The highest BCUT2D eigenvalue weighted by Crippen LogP contribution is 2.47. The number of fused-ring (bicyclic) bond motifs is 4. The van der Waals surface area contributed by atoms with Gasteiger partial charge in [-0.2, -0.15) is 0 Å². The van der Waals surface area contributed by atoms with E-state index in [0.29, 0.717) is 35.1 Å². The van der Waals surface area contributed by atoms with Gasteiger partial charge in [-0.3, -0.25) is 9.59 Å². The second kappa shape index (κ2) is 9.81. The van der Waals surface area contributed by atoms with Crippen LogP contribution in [0, 0.1) is 5.92 Å². The Hall–Kier alpha value is -3.82. The van der Waals surface area contributed by atoms with Crippen LogP contribution >= 0.6 is 0 Å². The maximum Gasteiger partial charge on any atom is 0.290 e. The quantitative estimate of drug-likeness (QED) is 0.419. The number of aliphatic hydroxyl groups excluding tert-OH is 2. The number of aliphatic hydroxyl groups is 2. The number of nitrogens with one attached hydrogen (secondary N) is 1. The van der Waals surface area contributed by atoms with Crippen molar-refractivity contribution in [1.29, 1.82) is 0 Å². The van der Waals surface area contributed by atoms with Crippen molar-refractivity contribution in [3.05, 3.63) is 71.5 Å². The van der Waals surface area contributed by atoms with E-state index in [1.165, 1.54) is 0 Å². The van der Waals surface area contributed by atoms with E-state index in [0.717, 1.165) is 23.8 Å². The Labute approximate surface area is 219 Å². The molecule has 1 fully saturated rings. The molecule has 2 amide bonds. The number of amides is 2. The highest BCUT2D eigenvalue weighted by molar-refractivity contribution is 5.99. The SMILES string of the molecule is COc1cccc2cc(C(=O)N(CC3CC3)C3C=C(C(=O)NCCO)C4c5ccccc5OC4C3O)oc12. The Morgan fingerprint density at radius 1 is 1.16 bits per heavy atom. The normalized spacial score (nSPS) is 23.7. The lowest BCUT2D eigenvalue weighted by molar-refractivity contribution is -0.118. The Morgan fingerprint density at radius 3 is 2.74 bits per heavy atom. The molecule has 38 heavy (non-hydrogen) atoms. The van der Waals surface area contributed by atoms with Crippen LogP contribution in [0.3, 0.4) is 0 Å². The molecule has 0 spiro atoms. The van der Waals surface area contributed by atoms with Crippen molar-refractivity contribution in [1.82, 2.24) is 10.2 Å². The minimum atomic E-state index is -1.08. The molecule has 2 aliphatic carbocycles. The number of carbonyl (C=O) groups is 2. The molecule has 3 aromatic rings. The number of para-hydroxylation sites is 2. The number of methoxy groups -OCH3 is 1. The van der Waals surface area contributed by atoms with Crippen LogP contribution in [0.15, 0.2) is 64.6 Å². The molecule has 2 aromatic carbocycles. The zero-order valence-corrected chi connectivity index (χ0v) is 21.0. The summed E-state index contributed by atoms with van der Waals surface area (Å²) in [5, 5.41) is 24.4. The largest absolute Gasteiger partial charge is 0.493 e. The maximum atomic E-state index is 14.0. The Bertz CT molecular complexity index is 1410. The summed E-state index contributed by atoms with van der Waals surface area (Å²) in [6.07, 6.45) is 1.84. The van der Waals surface area contributed by atoms with E-state index in [2.05, 4.69) is 5.32 Å². The summed E-state index contributed by atoms with van der Waals surface area (Å²) in [4.78, 5) is 28.8. The fourth-order valence-electron chi connectivity index (χ4n) is 5.55. The van der Waals surface area contributed by atoms with Crippen LogP contribution in [0.25, 0.3) is 11.0 Å². The highest BCUT2D eigenvalue weighted by Gasteiger charge is 2.51. The van der Waals surface area contributed by atoms with Gasteiger partial charge in [0.25, 0.3) is 5.91 Å². The molecule has 0 bridgehead atoms. The van der Waals surface area contributed by atoms with Gasteiger partial charge < -0.3 is 34.3 Å². The molecule has 6 rings (SSSR count). The fourth-order valence-corrected chi connectivity index (χ4v) is 5.55. The monoisotopic (exact) mass is 518 g/mol. The van der Waals surface area contributed by atoms with Gasteiger partial charge in [-0.1, -0.05) is 30.3 Å². The van der Waals surface area contributed by atoms with Gasteiger partial charge >= 0.3 is 0 Å². The van der Waals surface area contributed by atoms with Crippen molar-refractivity contribution in [2.45, 2.75) is 37.0 Å². The minimum absolute atomic E-state index is 0.0921. The summed E-state index contributed by atoms with van der Waals surface area (Å²) in [5.41, 5.74) is 1.69. The van der Waals surface area contributed by atoms with Gasteiger partial charge in [-0.05, 0) is 43.0 Å². The van der Waals surface area contributed by atoms with Crippen LogP contribution in [0.4, 0.5) is 0 Å². The second-order valence-electron chi connectivity index (χ2n) is 10.1. The van der Waals surface area contributed by atoms with Crippen molar-refractivity contribution in [2.75, 3.05) is 26.8 Å². The standard InChI is InChI=1S/C29H30N2O7/c1-36-22-8-4-5-17-13-23(38-26(17)22)29(35)31(15-16-9-10-16)20-14-19(28(34)30-11-12-32)24-18-6-2-3-7-21(18)37-27(24)25(20)33/h2-8,13-14,16,20,24-25,27,32-33H,9-12,15H2,1H3,(H,30,34). The molecule has 9 nitrogen and oxygen atoms in total. The van der Waals surface area contributed by atoms with Gasteiger partial charge in [-0.15, -0.1) is 0 Å². The zero-order valence-electron chi connectivity index (χ0n) is 21.0. The van der Waals surface area contributed by atoms with Gasteiger partial charge in [-0.25, -0.2) is 0 Å². The van der Waals surface area contributed by atoms with Crippen molar-refractivity contribution < 1.29 is 33.7 Å². The smallest absolute Gasteiger partial charge is 0.290 e. The summed E-state index contributed by atoms with van der Waals surface area (Å²) >= 11 is 0. The number of rotatable bonds is 8. The molecular formula is C29H30N2O7. The summed E-state index contributed by atoms with van der Waals surface area (Å²) in [7, 11) is 1.54. The number of ether oxygens (including phenoxy) is 2. The van der Waals surface area contributed by atoms with E-state index in [4.69, 9.17) is 13.9 Å². The predicted octanol–water partition coefficient (Wildman–Crippen LogP) is 2.62. The summed E-state index contributed by atoms with van der Waals surface area (Å²) in [5.74, 6) is 0.338. The van der Waals surface area contributed by atoms with E-state index in [9.17, 15) is 19.8 Å². The number of benzene rings is 2. The number of hydrogen-bond acceptors (Lipinski definition) is 7. The topological polar surface area (TPSA) is 121 Å². The molecule has 1 aromatic heterocycles. The predicted molar refractivity (Wildman–Crippen MR) is 138 cm³/mol. The average molecular weight is 519 g/mol. The van der Waals surface area contributed by atoms with E-state index in [1.54, 1.807) is 30.2 Å². The Balaban J connectivity index is 1.41. The van der Waals surface area contributed by atoms with Gasteiger partial charge in [0.15, 0.2) is 17.1 Å². The van der Waals surface area contributed by atoms with E-state index < -0.39 is 24.2 Å². The number of furan rings is 1. The molecule has 4 atom stereocenters. The van der Waals surface area contributed by atoms with Gasteiger partial charge in [0, 0.05) is 29.6 Å². The molecule has 4 unspecified atom stereocenters. The van der Waals surface area contributed by atoms with Gasteiger partial charge in [0.2, 0.25) is 5.91 Å². The lowest BCUT2D eigenvalue weighted by Gasteiger charge is -2.40. The van der Waals surface area contributed by atoms with Crippen LogP contribution in [0.2, 0.25) is 0 Å². The Morgan fingerprint density at radius 2 is 1.97 bits per heavy atom. The first-order valence-electron chi connectivity index (χ1n) is 12.9. The third-order valence-electron chi connectivity index (χ3n) is 7.59. The fraction of sp³-hybridized carbons (Fsp3) is 0.379. The minimum Gasteiger partial charge on any atom is -0.493 e. The lowest BCUT2D eigenvalue weighted by Crippen LogP contribution is -2.56. The number of nitrogens with zero attached hydrogens (tertiary/aromatic N) is 1. The van der Waals surface area contributed by atoms with Crippen LogP contribution < -0.4 is 14.8 Å². The summed E-state index contributed by atoms with van der Waals surface area (Å²) in [6.45, 7) is 0.310. The van der Waals surface area contributed by atoms with Crippen LogP contribution in [-0.4, -0.2) is 72.0 Å². The van der Waals surface area contributed by atoms with Crippen molar-refractivity contribution in [3.63, 3.8) is 0 Å². The number of carbonyl (C=O) groups excluding carboxylic acids is 2. The molecule has 3 N–H and O–H groups in total. The lowest BCUT2D eigenvalue weighted by atomic mass is 9.77. The number of hydrogen-bond donors (Lipinski definition) is 3. The molecule has 9 heteroatoms. The molecule has 0 radical (unpaired) electrons. The van der Waals surface area contributed by atoms with E-state index >= 15 is 0 Å².